The number of hydrogen-bond acceptors (Lipinski definition) is 2. The molecule has 0 bridgehead atoms. The Morgan fingerprint density at radius 2 is 1.87 bits per heavy atom. The highest BCUT2D eigenvalue weighted by atomic mass is 16.5. The van der Waals surface area contributed by atoms with E-state index in [9.17, 15) is 0 Å². The van der Waals surface area contributed by atoms with E-state index in [1.54, 1.807) is 0 Å². The Morgan fingerprint density at radius 3 is 2.40 bits per heavy atom. The average molecular weight is 209 g/mol. The van der Waals surface area contributed by atoms with E-state index in [2.05, 4.69) is 11.8 Å². The molecule has 1 atom stereocenters. The first-order valence-electron chi connectivity index (χ1n) is 6.65. The van der Waals surface area contributed by atoms with E-state index < -0.39 is 0 Å². The summed E-state index contributed by atoms with van der Waals surface area (Å²) < 4.78 is 5.78. The van der Waals surface area contributed by atoms with E-state index in [-0.39, 0.29) is 0 Å². The van der Waals surface area contributed by atoms with Crippen LogP contribution in [0.1, 0.15) is 45.4 Å². The Bertz CT molecular complexity index is 229. The number of rotatable bonds is 1. The summed E-state index contributed by atoms with van der Waals surface area (Å²) in [4.78, 5) is 2.71. The fraction of sp³-hybridized carbons (Fsp3) is 1.00. The third-order valence-corrected chi connectivity index (χ3v) is 4.81. The molecule has 0 aromatic heterocycles. The first kappa shape index (κ1) is 10.1. The van der Waals surface area contributed by atoms with Crippen molar-refractivity contribution in [2.45, 2.75) is 57.1 Å². The molecular formula is C13H23NO. The Morgan fingerprint density at radius 1 is 1.13 bits per heavy atom. The molecule has 86 valence electrons. The van der Waals surface area contributed by atoms with E-state index in [0.29, 0.717) is 5.60 Å². The van der Waals surface area contributed by atoms with Crippen LogP contribution in [0, 0.1) is 5.92 Å². The van der Waals surface area contributed by atoms with Crippen molar-refractivity contribution in [3.05, 3.63) is 0 Å². The molecule has 1 aliphatic carbocycles. The predicted molar refractivity (Wildman–Crippen MR) is 60.9 cm³/mol. The van der Waals surface area contributed by atoms with Gasteiger partial charge in [-0.05, 0) is 38.0 Å². The minimum absolute atomic E-state index is 0.309. The quantitative estimate of drug-likeness (QED) is 0.657. The monoisotopic (exact) mass is 209 g/mol. The van der Waals surface area contributed by atoms with Crippen molar-refractivity contribution in [1.29, 1.82) is 0 Å². The molecule has 2 saturated heterocycles. The standard InChI is InChI=1S/C13H23NO/c1-11-2-4-12(5-3-11)14-8-6-13(10-14)7-9-15-13/h11-12H,2-10H2,1H3. The molecule has 1 spiro atoms. The Balaban J connectivity index is 1.55. The lowest BCUT2D eigenvalue weighted by Crippen LogP contribution is -2.47. The van der Waals surface area contributed by atoms with Gasteiger partial charge in [0.1, 0.15) is 0 Å². The van der Waals surface area contributed by atoms with Crippen LogP contribution in [0.3, 0.4) is 0 Å². The van der Waals surface area contributed by atoms with Gasteiger partial charge >= 0.3 is 0 Å². The summed E-state index contributed by atoms with van der Waals surface area (Å²) in [6.07, 6.45) is 8.34. The van der Waals surface area contributed by atoms with Crippen molar-refractivity contribution in [2.75, 3.05) is 19.7 Å². The number of hydrogen-bond donors (Lipinski definition) is 0. The summed E-state index contributed by atoms with van der Waals surface area (Å²) in [7, 11) is 0. The molecule has 2 aliphatic heterocycles. The van der Waals surface area contributed by atoms with Crippen molar-refractivity contribution < 1.29 is 4.74 Å². The van der Waals surface area contributed by atoms with E-state index >= 15 is 0 Å². The summed E-state index contributed by atoms with van der Waals surface area (Å²) in [6, 6.07) is 0.879. The van der Waals surface area contributed by atoms with Gasteiger partial charge < -0.3 is 4.74 Å². The highest BCUT2D eigenvalue weighted by Gasteiger charge is 2.46. The molecule has 2 heterocycles. The minimum atomic E-state index is 0.309. The third kappa shape index (κ3) is 1.83. The lowest BCUT2D eigenvalue weighted by molar-refractivity contribution is -0.138. The Labute approximate surface area is 93.0 Å². The van der Waals surface area contributed by atoms with Gasteiger partial charge in [0, 0.05) is 25.6 Å². The summed E-state index contributed by atoms with van der Waals surface area (Å²) in [6.45, 7) is 5.93. The predicted octanol–water partition coefficient (Wildman–Crippen LogP) is 2.43. The molecule has 3 rings (SSSR count). The van der Waals surface area contributed by atoms with Crippen molar-refractivity contribution >= 4 is 0 Å². The van der Waals surface area contributed by atoms with Crippen molar-refractivity contribution in [3.63, 3.8) is 0 Å². The molecule has 3 fully saturated rings. The van der Waals surface area contributed by atoms with Gasteiger partial charge in [0.2, 0.25) is 0 Å². The Kier molecular flexibility index (Phi) is 2.52. The SMILES string of the molecule is CC1CCC(N2CCC3(CCO3)C2)CC1. The van der Waals surface area contributed by atoms with Gasteiger partial charge in [0.15, 0.2) is 0 Å². The summed E-state index contributed by atoms with van der Waals surface area (Å²) in [5, 5.41) is 0. The number of ether oxygens (including phenoxy) is 1. The van der Waals surface area contributed by atoms with Crippen LogP contribution in [0.15, 0.2) is 0 Å². The van der Waals surface area contributed by atoms with E-state index in [4.69, 9.17) is 4.74 Å². The molecule has 1 saturated carbocycles. The maximum Gasteiger partial charge on any atom is 0.0842 e. The van der Waals surface area contributed by atoms with Crippen LogP contribution in [0.25, 0.3) is 0 Å². The highest BCUT2D eigenvalue weighted by molar-refractivity contribution is 4.98. The molecule has 1 unspecified atom stereocenters. The molecule has 0 radical (unpaired) electrons. The molecule has 0 N–H and O–H groups in total. The van der Waals surface area contributed by atoms with Gasteiger partial charge in [0.25, 0.3) is 0 Å². The summed E-state index contributed by atoms with van der Waals surface area (Å²) in [5.74, 6) is 0.970. The highest BCUT2D eigenvalue weighted by Crippen LogP contribution is 2.39. The van der Waals surface area contributed by atoms with Gasteiger partial charge in [-0.15, -0.1) is 0 Å². The summed E-state index contributed by atoms with van der Waals surface area (Å²) in [5.41, 5.74) is 0.309. The zero-order valence-electron chi connectivity index (χ0n) is 9.87. The first-order chi connectivity index (χ1) is 7.27. The first-order valence-corrected chi connectivity index (χ1v) is 6.65. The molecule has 2 heteroatoms. The normalized spacial score (nSPS) is 47.0. The fourth-order valence-corrected chi connectivity index (χ4v) is 3.51. The van der Waals surface area contributed by atoms with Crippen LogP contribution >= 0.6 is 0 Å². The van der Waals surface area contributed by atoms with Crippen LogP contribution in [0.2, 0.25) is 0 Å². The largest absolute Gasteiger partial charge is 0.373 e. The van der Waals surface area contributed by atoms with Gasteiger partial charge in [-0.2, -0.15) is 0 Å². The maximum absolute atomic E-state index is 5.78. The van der Waals surface area contributed by atoms with Crippen molar-refractivity contribution in [1.82, 2.24) is 4.90 Å². The molecule has 2 nitrogen and oxygen atoms in total. The zero-order valence-corrected chi connectivity index (χ0v) is 9.87. The summed E-state index contributed by atoms with van der Waals surface area (Å²) >= 11 is 0. The molecule has 3 aliphatic rings. The lowest BCUT2D eigenvalue weighted by Gasteiger charge is -2.40. The molecule has 0 amide bonds. The Hall–Kier alpha value is -0.0800. The molecule has 0 aromatic carbocycles. The van der Waals surface area contributed by atoms with Crippen molar-refractivity contribution in [2.24, 2.45) is 5.92 Å². The third-order valence-electron chi connectivity index (χ3n) is 4.81. The van der Waals surface area contributed by atoms with Crippen molar-refractivity contribution in [3.8, 4) is 0 Å². The van der Waals surface area contributed by atoms with Crippen LogP contribution < -0.4 is 0 Å². The molecular weight excluding hydrogens is 186 g/mol. The van der Waals surface area contributed by atoms with E-state index in [1.807, 2.05) is 0 Å². The van der Waals surface area contributed by atoms with Crippen LogP contribution in [0.5, 0.6) is 0 Å². The molecule has 15 heavy (non-hydrogen) atoms. The molecule has 0 aromatic rings. The second-order valence-electron chi connectivity index (χ2n) is 5.92. The second kappa shape index (κ2) is 3.74. The number of likely N-dealkylation sites (tertiary alicyclic amines) is 1. The maximum atomic E-state index is 5.78. The fourth-order valence-electron chi connectivity index (χ4n) is 3.51. The second-order valence-corrected chi connectivity index (χ2v) is 5.92. The van der Waals surface area contributed by atoms with Crippen LogP contribution in [-0.2, 0) is 4.74 Å². The smallest absolute Gasteiger partial charge is 0.0842 e. The van der Waals surface area contributed by atoms with Gasteiger partial charge in [0.05, 0.1) is 12.2 Å². The average Bonchev–Trinajstić information content (AvgIpc) is 2.63. The van der Waals surface area contributed by atoms with E-state index in [1.165, 1.54) is 51.6 Å². The lowest BCUT2D eigenvalue weighted by atomic mass is 9.86. The van der Waals surface area contributed by atoms with Gasteiger partial charge in [-0.3, -0.25) is 4.90 Å². The van der Waals surface area contributed by atoms with Gasteiger partial charge in [-0.1, -0.05) is 6.92 Å². The minimum Gasteiger partial charge on any atom is -0.373 e. The number of nitrogens with zero attached hydrogens (tertiary/aromatic N) is 1. The zero-order chi connectivity index (χ0) is 10.3. The topological polar surface area (TPSA) is 12.5 Å². The van der Waals surface area contributed by atoms with Crippen LogP contribution in [0.4, 0.5) is 0 Å². The van der Waals surface area contributed by atoms with E-state index in [0.717, 1.165) is 18.6 Å². The van der Waals surface area contributed by atoms with Gasteiger partial charge in [-0.25, -0.2) is 0 Å². The van der Waals surface area contributed by atoms with Crippen LogP contribution in [-0.4, -0.2) is 36.2 Å².